The van der Waals surface area contributed by atoms with E-state index in [1.54, 1.807) is 0 Å². The first-order valence-electron chi connectivity index (χ1n) is 5.36. The van der Waals surface area contributed by atoms with Crippen molar-refractivity contribution in [1.29, 1.82) is 0 Å². The molecule has 0 aliphatic rings. The van der Waals surface area contributed by atoms with E-state index < -0.39 is 17.9 Å². The Morgan fingerprint density at radius 3 is 2.26 bits per heavy atom. The molecule has 3 N–H and O–H groups in total. The Balaban J connectivity index is 2.66. The van der Waals surface area contributed by atoms with Crippen LogP contribution in [0.5, 0.6) is 0 Å². The zero-order valence-electron chi connectivity index (χ0n) is 9.90. The van der Waals surface area contributed by atoms with Gasteiger partial charge in [-0.2, -0.15) is 0 Å². The summed E-state index contributed by atoms with van der Waals surface area (Å²) in [5.41, 5.74) is 0. The minimum atomic E-state index is -1.22. The first kappa shape index (κ1) is 14.7. The smallest absolute Gasteiger partial charge is 0.371 e. The minimum Gasteiger partial charge on any atom is -0.481 e. The number of hydrogen-bond donors (Lipinski definition) is 3. The summed E-state index contributed by atoms with van der Waals surface area (Å²) in [7, 11) is 0. The monoisotopic (exact) mass is 271 g/mol. The maximum atomic E-state index is 10.6. The second-order valence-corrected chi connectivity index (χ2v) is 3.82. The van der Waals surface area contributed by atoms with Crippen LogP contribution in [0.15, 0.2) is 16.5 Å². The molecule has 19 heavy (non-hydrogen) atoms. The van der Waals surface area contributed by atoms with Gasteiger partial charge in [-0.3, -0.25) is 14.5 Å². The van der Waals surface area contributed by atoms with Gasteiger partial charge in [-0.1, -0.05) is 0 Å². The van der Waals surface area contributed by atoms with Gasteiger partial charge >= 0.3 is 17.9 Å². The van der Waals surface area contributed by atoms with Crippen molar-refractivity contribution < 1.29 is 34.1 Å². The van der Waals surface area contributed by atoms with Gasteiger partial charge in [-0.25, -0.2) is 4.79 Å². The van der Waals surface area contributed by atoms with Crippen molar-refractivity contribution in [2.24, 2.45) is 0 Å². The Morgan fingerprint density at radius 2 is 1.79 bits per heavy atom. The summed E-state index contributed by atoms with van der Waals surface area (Å²) in [6.07, 6.45) is -0.209. The van der Waals surface area contributed by atoms with Gasteiger partial charge in [0.25, 0.3) is 0 Å². The highest BCUT2D eigenvalue weighted by Gasteiger charge is 2.15. The van der Waals surface area contributed by atoms with Gasteiger partial charge in [0.15, 0.2) is 0 Å². The van der Waals surface area contributed by atoms with Crippen molar-refractivity contribution in [2.45, 2.75) is 13.0 Å². The lowest BCUT2D eigenvalue weighted by Crippen LogP contribution is -2.31. The fourth-order valence-electron chi connectivity index (χ4n) is 1.46. The Morgan fingerprint density at radius 1 is 1.11 bits per heavy atom. The van der Waals surface area contributed by atoms with Gasteiger partial charge in [-0.15, -0.1) is 0 Å². The third kappa shape index (κ3) is 5.21. The van der Waals surface area contributed by atoms with E-state index in [0.717, 1.165) is 0 Å². The van der Waals surface area contributed by atoms with E-state index in [2.05, 4.69) is 0 Å². The van der Waals surface area contributed by atoms with Crippen LogP contribution in [-0.4, -0.2) is 51.2 Å². The summed E-state index contributed by atoms with van der Waals surface area (Å²) >= 11 is 0. The number of carboxylic acid groups (broad SMARTS) is 3. The molecule has 0 amide bonds. The van der Waals surface area contributed by atoms with Gasteiger partial charge in [0, 0.05) is 6.54 Å². The number of rotatable bonds is 8. The third-order valence-electron chi connectivity index (χ3n) is 2.25. The van der Waals surface area contributed by atoms with Gasteiger partial charge < -0.3 is 19.7 Å². The molecule has 8 heteroatoms. The summed E-state index contributed by atoms with van der Waals surface area (Å²) in [6.45, 7) is -0.284. The van der Waals surface area contributed by atoms with E-state index in [1.807, 2.05) is 0 Å². The number of aromatic carboxylic acids is 1. The summed E-state index contributed by atoms with van der Waals surface area (Å²) in [5, 5.41) is 25.9. The minimum absolute atomic E-state index is 0.0325. The zero-order valence-corrected chi connectivity index (χ0v) is 9.90. The van der Waals surface area contributed by atoms with Crippen LogP contribution in [0.4, 0.5) is 0 Å². The van der Waals surface area contributed by atoms with Gasteiger partial charge in [0.05, 0.1) is 19.5 Å². The molecule has 104 valence electrons. The fourth-order valence-corrected chi connectivity index (χ4v) is 1.46. The normalized spacial score (nSPS) is 10.6. The number of furan rings is 1. The lowest BCUT2D eigenvalue weighted by molar-refractivity contribution is -0.141. The standard InChI is InChI=1S/C11H13NO7/c13-9(14)3-4-12(6-10(15)16)5-7-1-2-8(19-7)11(17)18/h1-2H,3-6H2,(H,13,14)(H,15,16)(H,17,18). The third-order valence-corrected chi connectivity index (χ3v) is 2.25. The first-order chi connectivity index (χ1) is 8.88. The quantitative estimate of drug-likeness (QED) is 0.617. The molecule has 8 nitrogen and oxygen atoms in total. The molecule has 1 heterocycles. The molecule has 0 aliphatic carbocycles. The Hall–Kier alpha value is -2.35. The van der Waals surface area contributed by atoms with Crippen LogP contribution in [0.1, 0.15) is 22.7 Å². The topological polar surface area (TPSA) is 128 Å². The molecule has 0 unspecified atom stereocenters. The molecule has 0 aliphatic heterocycles. The molecular formula is C11H13NO7. The van der Waals surface area contributed by atoms with E-state index in [4.69, 9.17) is 19.7 Å². The fraction of sp³-hybridized carbons (Fsp3) is 0.364. The second kappa shape index (κ2) is 6.55. The molecule has 0 radical (unpaired) electrons. The first-order valence-corrected chi connectivity index (χ1v) is 5.36. The highest BCUT2D eigenvalue weighted by atomic mass is 16.4. The Kier molecular flexibility index (Phi) is 5.07. The highest BCUT2D eigenvalue weighted by Crippen LogP contribution is 2.11. The van der Waals surface area contributed by atoms with Crippen LogP contribution in [0.25, 0.3) is 0 Å². The molecule has 0 spiro atoms. The average Bonchev–Trinajstić information content (AvgIpc) is 2.73. The van der Waals surface area contributed by atoms with Crippen molar-refractivity contribution in [1.82, 2.24) is 4.90 Å². The van der Waals surface area contributed by atoms with E-state index in [0.29, 0.717) is 0 Å². The molecule has 0 aromatic carbocycles. The molecule has 0 bridgehead atoms. The van der Waals surface area contributed by atoms with Crippen LogP contribution in [0, 0.1) is 0 Å². The summed E-state index contributed by atoms with van der Waals surface area (Å²) < 4.78 is 4.98. The lowest BCUT2D eigenvalue weighted by Gasteiger charge is -2.17. The van der Waals surface area contributed by atoms with Gasteiger partial charge in [0.1, 0.15) is 5.76 Å². The van der Waals surface area contributed by atoms with Gasteiger partial charge in [-0.05, 0) is 12.1 Å². The van der Waals surface area contributed by atoms with Crippen LogP contribution in [0.2, 0.25) is 0 Å². The summed E-state index contributed by atoms with van der Waals surface area (Å²) in [6, 6.07) is 2.67. The van der Waals surface area contributed by atoms with Crippen LogP contribution in [-0.2, 0) is 16.1 Å². The maximum absolute atomic E-state index is 10.6. The highest BCUT2D eigenvalue weighted by molar-refractivity contribution is 5.84. The maximum Gasteiger partial charge on any atom is 0.371 e. The molecule has 1 aromatic rings. The molecule has 1 rings (SSSR count). The lowest BCUT2D eigenvalue weighted by atomic mass is 10.3. The van der Waals surface area contributed by atoms with Crippen molar-refractivity contribution in [3.8, 4) is 0 Å². The number of carboxylic acids is 3. The van der Waals surface area contributed by atoms with Crippen molar-refractivity contribution in [2.75, 3.05) is 13.1 Å². The summed E-state index contributed by atoms with van der Waals surface area (Å²) in [4.78, 5) is 33.1. The van der Waals surface area contributed by atoms with E-state index in [9.17, 15) is 14.4 Å². The van der Waals surface area contributed by atoms with Crippen molar-refractivity contribution in [3.63, 3.8) is 0 Å². The molecule has 0 saturated heterocycles. The molecule has 0 saturated carbocycles. The molecule has 1 aromatic heterocycles. The Labute approximate surface area is 107 Å². The van der Waals surface area contributed by atoms with Crippen molar-refractivity contribution >= 4 is 17.9 Å². The largest absolute Gasteiger partial charge is 0.481 e. The predicted octanol–water partition coefficient (Wildman–Crippen LogP) is 0.339. The summed E-state index contributed by atoms with van der Waals surface area (Å²) in [5.74, 6) is -3.34. The molecule has 0 fully saturated rings. The number of nitrogens with zero attached hydrogens (tertiary/aromatic N) is 1. The average molecular weight is 271 g/mol. The van der Waals surface area contributed by atoms with Crippen LogP contribution in [0.3, 0.4) is 0 Å². The zero-order chi connectivity index (χ0) is 14.4. The number of aliphatic carboxylic acids is 2. The second-order valence-electron chi connectivity index (χ2n) is 3.82. The van der Waals surface area contributed by atoms with Crippen LogP contribution >= 0.6 is 0 Å². The van der Waals surface area contributed by atoms with Crippen molar-refractivity contribution in [3.05, 3.63) is 23.7 Å². The van der Waals surface area contributed by atoms with Crippen LogP contribution < -0.4 is 0 Å². The predicted molar refractivity (Wildman–Crippen MR) is 60.8 cm³/mol. The SMILES string of the molecule is O=C(O)CCN(CC(=O)O)Cc1ccc(C(=O)O)o1. The van der Waals surface area contributed by atoms with E-state index in [1.165, 1.54) is 17.0 Å². The van der Waals surface area contributed by atoms with Gasteiger partial charge in [0.2, 0.25) is 5.76 Å². The Bertz CT molecular complexity index is 479. The van der Waals surface area contributed by atoms with E-state index >= 15 is 0 Å². The molecular weight excluding hydrogens is 258 g/mol. The van der Waals surface area contributed by atoms with E-state index in [-0.39, 0.29) is 37.6 Å². The molecule has 0 atom stereocenters. The number of carbonyl (C=O) groups is 3. The number of hydrogen-bond acceptors (Lipinski definition) is 5.